The van der Waals surface area contributed by atoms with Gasteiger partial charge in [0.25, 0.3) is 0 Å². The molecule has 3 heteroatoms. The van der Waals surface area contributed by atoms with Gasteiger partial charge in [0.15, 0.2) is 0 Å². The molecule has 17 heavy (non-hydrogen) atoms. The fraction of sp³-hybridized carbons (Fsp3) is 0.429. The Morgan fingerprint density at radius 2 is 1.94 bits per heavy atom. The zero-order valence-electron chi connectivity index (χ0n) is 10.9. The van der Waals surface area contributed by atoms with Gasteiger partial charge in [-0.05, 0) is 35.8 Å². The molecule has 0 aliphatic carbocycles. The summed E-state index contributed by atoms with van der Waals surface area (Å²) in [6.45, 7) is 4.44. The number of rotatable bonds is 5. The van der Waals surface area contributed by atoms with Gasteiger partial charge in [0.05, 0.1) is 15.0 Å². The summed E-state index contributed by atoms with van der Waals surface area (Å²) in [5.74, 6) is 0.682. The number of hydrogen-bond acceptors (Lipinski definition) is 2. The Labute approximate surface area is 111 Å². The van der Waals surface area contributed by atoms with Crippen LogP contribution in [0.4, 0.5) is 0 Å². The highest BCUT2D eigenvalue weighted by molar-refractivity contribution is 8.16. The zero-order chi connectivity index (χ0) is 12.8. The van der Waals surface area contributed by atoms with Gasteiger partial charge in [-0.25, -0.2) is 0 Å². The van der Waals surface area contributed by atoms with E-state index in [1.165, 1.54) is 5.56 Å². The molecule has 0 radical (unpaired) electrons. The third-order valence-corrected chi connectivity index (χ3v) is 4.80. The first kappa shape index (κ1) is 14.5. The van der Waals surface area contributed by atoms with Crippen LogP contribution in [0.25, 0.3) is 6.08 Å². The van der Waals surface area contributed by atoms with Gasteiger partial charge in [-0.2, -0.15) is 0 Å². The molecule has 0 aliphatic rings. The van der Waals surface area contributed by atoms with Gasteiger partial charge in [-0.3, -0.25) is 4.21 Å². The largest absolute Gasteiger partial charge is 0.254 e. The van der Waals surface area contributed by atoms with E-state index in [4.69, 9.17) is 0 Å². The van der Waals surface area contributed by atoms with E-state index in [2.05, 4.69) is 38.1 Å². The minimum atomic E-state index is -0.894. The van der Waals surface area contributed by atoms with Crippen molar-refractivity contribution in [1.82, 2.24) is 0 Å². The maximum atomic E-state index is 11.4. The Morgan fingerprint density at radius 3 is 2.35 bits per heavy atom. The maximum absolute atomic E-state index is 11.4. The third-order valence-electron chi connectivity index (χ3n) is 2.39. The molecule has 0 heterocycles. The average Bonchev–Trinajstić information content (AvgIpc) is 2.26. The van der Waals surface area contributed by atoms with Gasteiger partial charge in [0.2, 0.25) is 0 Å². The van der Waals surface area contributed by atoms with Crippen molar-refractivity contribution in [2.24, 2.45) is 5.92 Å². The Hall–Kier alpha value is -0.540. The molecule has 0 bridgehead atoms. The lowest BCUT2D eigenvalue weighted by Gasteiger charge is -2.05. The summed E-state index contributed by atoms with van der Waals surface area (Å²) in [4.78, 5) is 0. The summed E-state index contributed by atoms with van der Waals surface area (Å²) in [6.07, 6.45) is 6.79. The smallest absolute Gasteiger partial charge is 0.0716 e. The van der Waals surface area contributed by atoms with E-state index in [9.17, 15) is 4.21 Å². The van der Waals surface area contributed by atoms with Gasteiger partial charge in [0.1, 0.15) is 0 Å². The minimum Gasteiger partial charge on any atom is -0.254 e. The van der Waals surface area contributed by atoms with Gasteiger partial charge >= 0.3 is 0 Å². The number of thioether (sulfide) groups is 1. The SMILES string of the molecule is CSC(=Cc1ccc(CC(C)C)cc1)S(C)=O. The van der Waals surface area contributed by atoms with Crippen molar-refractivity contribution < 1.29 is 4.21 Å². The van der Waals surface area contributed by atoms with Crippen LogP contribution in [0.3, 0.4) is 0 Å². The van der Waals surface area contributed by atoms with Gasteiger partial charge in [-0.1, -0.05) is 38.1 Å². The van der Waals surface area contributed by atoms with E-state index in [0.29, 0.717) is 5.92 Å². The third kappa shape index (κ3) is 5.09. The second-order valence-electron chi connectivity index (χ2n) is 4.46. The lowest BCUT2D eigenvalue weighted by molar-refractivity contribution is 0.647. The summed E-state index contributed by atoms with van der Waals surface area (Å²) in [7, 11) is -0.894. The van der Waals surface area contributed by atoms with Crippen LogP contribution in [-0.2, 0) is 17.2 Å². The standard InChI is InChI=1S/C14H20OS2/c1-11(2)9-12-5-7-13(8-6-12)10-14(16-3)17(4)15/h5-8,10-11H,9H2,1-4H3. The van der Waals surface area contributed by atoms with E-state index >= 15 is 0 Å². The molecule has 94 valence electrons. The average molecular weight is 268 g/mol. The van der Waals surface area contributed by atoms with Gasteiger partial charge in [-0.15, -0.1) is 11.8 Å². The van der Waals surface area contributed by atoms with Crippen LogP contribution in [0.2, 0.25) is 0 Å². The normalized spacial score (nSPS) is 14.1. The molecule has 0 aliphatic heterocycles. The molecule has 0 fully saturated rings. The maximum Gasteiger partial charge on any atom is 0.0716 e. The van der Waals surface area contributed by atoms with Gasteiger partial charge < -0.3 is 0 Å². The fourth-order valence-corrected chi connectivity index (χ4v) is 3.11. The molecule has 1 aromatic carbocycles. The summed E-state index contributed by atoms with van der Waals surface area (Å²) >= 11 is 1.55. The molecule has 0 amide bonds. The summed E-state index contributed by atoms with van der Waals surface area (Å²) in [6, 6.07) is 8.51. The Bertz CT molecular complexity index is 405. The first-order valence-electron chi connectivity index (χ1n) is 5.71. The molecule has 0 N–H and O–H groups in total. The second-order valence-corrected chi connectivity index (χ2v) is 6.92. The molecule has 1 aromatic rings. The van der Waals surface area contributed by atoms with Crippen molar-refractivity contribution in [3.63, 3.8) is 0 Å². The molecule has 0 aromatic heterocycles. The van der Waals surface area contributed by atoms with Crippen LogP contribution < -0.4 is 0 Å². The Balaban J connectivity index is 2.84. The predicted molar refractivity (Wildman–Crippen MR) is 80.5 cm³/mol. The Kier molecular flexibility index (Phi) is 6.00. The quantitative estimate of drug-likeness (QED) is 0.805. The van der Waals surface area contributed by atoms with Crippen LogP contribution in [0.15, 0.2) is 28.5 Å². The molecule has 0 saturated heterocycles. The van der Waals surface area contributed by atoms with E-state index < -0.39 is 10.8 Å². The van der Waals surface area contributed by atoms with E-state index in [1.807, 2.05) is 12.3 Å². The van der Waals surface area contributed by atoms with Crippen molar-refractivity contribution in [2.45, 2.75) is 20.3 Å². The lowest BCUT2D eigenvalue weighted by Crippen LogP contribution is -1.93. The zero-order valence-corrected chi connectivity index (χ0v) is 12.5. The van der Waals surface area contributed by atoms with Crippen molar-refractivity contribution in [2.75, 3.05) is 12.5 Å². The molecule has 1 rings (SSSR count). The topological polar surface area (TPSA) is 17.1 Å². The number of benzene rings is 1. The highest BCUT2D eigenvalue weighted by Gasteiger charge is 2.01. The van der Waals surface area contributed by atoms with Crippen molar-refractivity contribution in [3.05, 3.63) is 39.6 Å². The molecule has 0 spiro atoms. The van der Waals surface area contributed by atoms with Crippen molar-refractivity contribution >= 4 is 28.6 Å². The second kappa shape index (κ2) is 7.02. The van der Waals surface area contributed by atoms with E-state index in [-0.39, 0.29) is 0 Å². The van der Waals surface area contributed by atoms with E-state index in [1.54, 1.807) is 18.0 Å². The Morgan fingerprint density at radius 1 is 1.35 bits per heavy atom. The first-order chi connectivity index (χ1) is 8.02. The van der Waals surface area contributed by atoms with E-state index in [0.717, 1.165) is 16.2 Å². The van der Waals surface area contributed by atoms with Crippen molar-refractivity contribution in [3.8, 4) is 0 Å². The van der Waals surface area contributed by atoms with Crippen LogP contribution in [-0.4, -0.2) is 16.7 Å². The number of hydrogen-bond donors (Lipinski definition) is 0. The minimum absolute atomic E-state index is 0.682. The summed E-state index contributed by atoms with van der Waals surface area (Å²) in [5, 5.41) is 0. The first-order valence-corrected chi connectivity index (χ1v) is 8.49. The highest BCUT2D eigenvalue weighted by Crippen LogP contribution is 2.20. The summed E-state index contributed by atoms with van der Waals surface area (Å²) in [5.41, 5.74) is 2.48. The fourth-order valence-electron chi connectivity index (χ4n) is 1.62. The summed E-state index contributed by atoms with van der Waals surface area (Å²) < 4.78 is 12.3. The van der Waals surface area contributed by atoms with Crippen LogP contribution in [0, 0.1) is 5.92 Å². The lowest BCUT2D eigenvalue weighted by atomic mass is 10.0. The van der Waals surface area contributed by atoms with Crippen LogP contribution in [0.1, 0.15) is 25.0 Å². The molecule has 1 nitrogen and oxygen atoms in total. The molecular weight excluding hydrogens is 248 g/mol. The molecule has 1 unspecified atom stereocenters. The van der Waals surface area contributed by atoms with Crippen LogP contribution in [0.5, 0.6) is 0 Å². The predicted octanol–water partition coefficient (Wildman–Crippen LogP) is 3.93. The molecular formula is C14H20OS2. The monoisotopic (exact) mass is 268 g/mol. The van der Waals surface area contributed by atoms with Crippen molar-refractivity contribution in [1.29, 1.82) is 0 Å². The molecule has 0 saturated carbocycles. The highest BCUT2D eigenvalue weighted by atomic mass is 32.2. The molecule has 1 atom stereocenters. The van der Waals surface area contributed by atoms with Crippen LogP contribution >= 0.6 is 11.8 Å². The van der Waals surface area contributed by atoms with Gasteiger partial charge in [0, 0.05) is 6.26 Å².